The van der Waals surface area contributed by atoms with E-state index in [0.29, 0.717) is 12.6 Å². The maximum Gasteiger partial charge on any atom is 0.130 e. The molecule has 3 rings (SSSR count). The van der Waals surface area contributed by atoms with Crippen LogP contribution in [0.4, 0.5) is 0 Å². The Balaban J connectivity index is 0.00000225. The van der Waals surface area contributed by atoms with Gasteiger partial charge in [0, 0.05) is 38.4 Å². The first-order valence-electron chi connectivity index (χ1n) is 8.70. The lowest BCUT2D eigenvalue weighted by Gasteiger charge is -2.32. The Hall–Kier alpha value is -1.62. The fourth-order valence-corrected chi connectivity index (χ4v) is 3.40. The number of aromatic nitrogens is 1. The minimum atomic E-state index is 0. The smallest absolute Gasteiger partial charge is 0.130 e. The summed E-state index contributed by atoms with van der Waals surface area (Å²) >= 11 is 0. The van der Waals surface area contributed by atoms with Crippen molar-refractivity contribution in [2.24, 2.45) is 0 Å². The van der Waals surface area contributed by atoms with Crippen molar-refractivity contribution in [1.82, 2.24) is 15.2 Å². The van der Waals surface area contributed by atoms with Crippen molar-refractivity contribution in [2.75, 3.05) is 19.6 Å². The van der Waals surface area contributed by atoms with E-state index in [1.165, 1.54) is 16.7 Å². The first-order chi connectivity index (χ1) is 11.6. The molecule has 1 saturated heterocycles. The Labute approximate surface area is 157 Å². The van der Waals surface area contributed by atoms with E-state index in [9.17, 15) is 0 Å². The van der Waals surface area contributed by atoms with Gasteiger partial charge in [-0.15, -0.1) is 12.4 Å². The number of benzene rings is 1. The highest BCUT2D eigenvalue weighted by Crippen LogP contribution is 2.26. The van der Waals surface area contributed by atoms with Gasteiger partial charge in [-0.2, -0.15) is 0 Å². The molecule has 0 aliphatic carbocycles. The van der Waals surface area contributed by atoms with Gasteiger partial charge in [0.25, 0.3) is 0 Å². The van der Waals surface area contributed by atoms with E-state index in [2.05, 4.69) is 48.1 Å². The second kappa shape index (κ2) is 9.18. The third kappa shape index (κ3) is 5.43. The fourth-order valence-electron chi connectivity index (χ4n) is 3.40. The number of pyridine rings is 1. The maximum absolute atomic E-state index is 6.03. The Kier molecular flexibility index (Phi) is 7.24. The van der Waals surface area contributed by atoms with Crippen LogP contribution in [0.3, 0.4) is 0 Å². The standard InChI is InChI=1S/C20H27N3O.ClH/c1-15-10-18(13-23-9-8-21-17(3)12-23)11-16(2)20(15)24-14-19-6-4-5-7-22-19;/h4-7,10-11,17,21H,8-9,12-14H2,1-3H3;1H/t17-;/m1./s1. The van der Waals surface area contributed by atoms with Crippen molar-refractivity contribution < 1.29 is 4.74 Å². The number of halogens is 1. The van der Waals surface area contributed by atoms with Crippen LogP contribution < -0.4 is 10.1 Å². The molecule has 0 amide bonds. The molecule has 1 N–H and O–H groups in total. The lowest BCUT2D eigenvalue weighted by molar-refractivity contribution is 0.199. The van der Waals surface area contributed by atoms with Gasteiger partial charge in [-0.1, -0.05) is 18.2 Å². The molecule has 2 aromatic rings. The number of ether oxygens (including phenoxy) is 1. The molecule has 0 saturated carbocycles. The minimum Gasteiger partial charge on any atom is -0.487 e. The van der Waals surface area contributed by atoms with Gasteiger partial charge in [0.05, 0.1) is 5.69 Å². The zero-order chi connectivity index (χ0) is 16.9. The molecule has 4 nitrogen and oxygen atoms in total. The summed E-state index contributed by atoms with van der Waals surface area (Å²) in [7, 11) is 0. The zero-order valence-electron chi connectivity index (χ0n) is 15.3. The van der Waals surface area contributed by atoms with Crippen LogP contribution in [0.2, 0.25) is 0 Å². The molecule has 1 fully saturated rings. The minimum absolute atomic E-state index is 0. The average Bonchev–Trinajstić information content (AvgIpc) is 2.55. The molecule has 1 aromatic carbocycles. The zero-order valence-corrected chi connectivity index (χ0v) is 16.1. The summed E-state index contributed by atoms with van der Waals surface area (Å²) in [5.74, 6) is 0.984. The number of nitrogens with zero attached hydrogens (tertiary/aromatic N) is 2. The number of nitrogens with one attached hydrogen (secondary N) is 1. The van der Waals surface area contributed by atoms with E-state index in [0.717, 1.165) is 37.6 Å². The van der Waals surface area contributed by atoms with Crippen molar-refractivity contribution in [2.45, 2.75) is 40.0 Å². The van der Waals surface area contributed by atoms with Crippen molar-refractivity contribution >= 4 is 12.4 Å². The van der Waals surface area contributed by atoms with Crippen LogP contribution >= 0.6 is 12.4 Å². The lowest BCUT2D eigenvalue weighted by Crippen LogP contribution is -2.48. The van der Waals surface area contributed by atoms with Gasteiger partial charge < -0.3 is 10.1 Å². The van der Waals surface area contributed by atoms with Crippen molar-refractivity contribution in [3.63, 3.8) is 0 Å². The second-order valence-electron chi connectivity index (χ2n) is 6.76. The second-order valence-corrected chi connectivity index (χ2v) is 6.76. The van der Waals surface area contributed by atoms with E-state index in [1.54, 1.807) is 6.20 Å². The third-order valence-electron chi connectivity index (χ3n) is 4.47. The molecule has 25 heavy (non-hydrogen) atoms. The van der Waals surface area contributed by atoms with Gasteiger partial charge in [0.2, 0.25) is 0 Å². The summed E-state index contributed by atoms with van der Waals surface area (Å²) in [4.78, 5) is 6.84. The highest BCUT2D eigenvalue weighted by Gasteiger charge is 2.16. The molecule has 5 heteroatoms. The van der Waals surface area contributed by atoms with Crippen molar-refractivity contribution in [3.05, 3.63) is 58.9 Å². The quantitative estimate of drug-likeness (QED) is 0.884. The molecule has 1 aromatic heterocycles. The average molecular weight is 362 g/mol. The molecule has 2 heterocycles. The molecule has 0 bridgehead atoms. The molecule has 1 aliphatic heterocycles. The van der Waals surface area contributed by atoms with Crippen LogP contribution in [0.15, 0.2) is 36.5 Å². The first kappa shape index (κ1) is 19.7. The fraction of sp³-hybridized carbons (Fsp3) is 0.450. The molecule has 0 unspecified atom stereocenters. The van der Waals surface area contributed by atoms with Gasteiger partial charge in [-0.25, -0.2) is 0 Å². The monoisotopic (exact) mass is 361 g/mol. The van der Waals surface area contributed by atoms with Gasteiger partial charge in [-0.05, 0) is 49.6 Å². The number of hydrogen-bond donors (Lipinski definition) is 1. The Morgan fingerprint density at radius 3 is 2.64 bits per heavy atom. The van der Waals surface area contributed by atoms with E-state index in [4.69, 9.17) is 4.74 Å². The predicted molar refractivity (Wildman–Crippen MR) is 104 cm³/mol. The van der Waals surface area contributed by atoms with Crippen LogP contribution in [0.5, 0.6) is 5.75 Å². The van der Waals surface area contributed by atoms with Crippen LogP contribution in [-0.2, 0) is 13.2 Å². The highest BCUT2D eigenvalue weighted by atomic mass is 35.5. The number of aryl methyl sites for hydroxylation is 2. The summed E-state index contributed by atoms with van der Waals surface area (Å²) < 4.78 is 6.03. The van der Waals surface area contributed by atoms with E-state index >= 15 is 0 Å². The largest absolute Gasteiger partial charge is 0.487 e. The first-order valence-corrected chi connectivity index (χ1v) is 8.70. The Morgan fingerprint density at radius 1 is 1.24 bits per heavy atom. The number of rotatable bonds is 5. The van der Waals surface area contributed by atoms with Crippen LogP contribution in [0.25, 0.3) is 0 Å². The predicted octanol–water partition coefficient (Wildman–Crippen LogP) is 3.49. The molecule has 1 atom stereocenters. The molecule has 0 spiro atoms. The normalized spacial score (nSPS) is 17.8. The topological polar surface area (TPSA) is 37.4 Å². The molecule has 0 radical (unpaired) electrons. The molecular weight excluding hydrogens is 334 g/mol. The van der Waals surface area contributed by atoms with Crippen LogP contribution in [-0.4, -0.2) is 35.6 Å². The van der Waals surface area contributed by atoms with Crippen LogP contribution in [0.1, 0.15) is 29.3 Å². The highest BCUT2D eigenvalue weighted by molar-refractivity contribution is 5.85. The maximum atomic E-state index is 6.03. The van der Waals surface area contributed by atoms with Gasteiger partial charge in [0.1, 0.15) is 12.4 Å². The summed E-state index contributed by atoms with van der Waals surface area (Å²) in [6.45, 7) is 11.3. The van der Waals surface area contributed by atoms with E-state index in [-0.39, 0.29) is 12.4 Å². The number of piperazine rings is 1. The SMILES string of the molecule is Cc1cc(CN2CCN[C@H](C)C2)cc(C)c1OCc1ccccn1.Cl. The van der Waals surface area contributed by atoms with E-state index in [1.807, 2.05) is 18.2 Å². The Morgan fingerprint density at radius 2 is 2.00 bits per heavy atom. The van der Waals surface area contributed by atoms with E-state index < -0.39 is 0 Å². The molecular formula is C20H28ClN3O. The van der Waals surface area contributed by atoms with Gasteiger partial charge >= 0.3 is 0 Å². The van der Waals surface area contributed by atoms with Gasteiger partial charge in [-0.3, -0.25) is 9.88 Å². The summed E-state index contributed by atoms with van der Waals surface area (Å²) in [6, 6.07) is 11.0. The third-order valence-corrected chi connectivity index (χ3v) is 4.47. The summed E-state index contributed by atoms with van der Waals surface area (Å²) in [5, 5.41) is 3.49. The molecule has 136 valence electrons. The van der Waals surface area contributed by atoms with Gasteiger partial charge in [0.15, 0.2) is 0 Å². The number of hydrogen-bond acceptors (Lipinski definition) is 4. The molecule has 1 aliphatic rings. The Bertz CT molecular complexity index is 655. The van der Waals surface area contributed by atoms with Crippen LogP contribution in [0, 0.1) is 13.8 Å². The lowest BCUT2D eigenvalue weighted by atomic mass is 10.0. The summed E-state index contributed by atoms with van der Waals surface area (Å²) in [5.41, 5.74) is 4.72. The van der Waals surface area contributed by atoms with Crippen molar-refractivity contribution in [1.29, 1.82) is 0 Å². The van der Waals surface area contributed by atoms with Crippen molar-refractivity contribution in [3.8, 4) is 5.75 Å². The summed E-state index contributed by atoms with van der Waals surface area (Å²) in [6.07, 6.45) is 1.80.